The first kappa shape index (κ1) is 20.8. The standard InChI is InChI=1S/C23H25ClN6O2/c1-16-21(22(27-32-16)17-6-2-3-7-18(17)24)23(31)30-14-12-29(13-15-30)20-9-8-19(25-26-20)28-10-4-5-11-28/h2-3,6-9H,4-5,10-15H2,1H3. The maximum absolute atomic E-state index is 13.4. The normalized spacial score (nSPS) is 16.6. The van der Waals surface area contributed by atoms with Crippen molar-refractivity contribution in [3.8, 4) is 11.3 Å². The van der Waals surface area contributed by atoms with E-state index in [1.54, 1.807) is 13.0 Å². The highest BCUT2D eigenvalue weighted by Gasteiger charge is 2.29. The summed E-state index contributed by atoms with van der Waals surface area (Å²) in [4.78, 5) is 19.6. The zero-order valence-electron chi connectivity index (χ0n) is 18.0. The molecular weight excluding hydrogens is 428 g/mol. The molecule has 1 aromatic carbocycles. The van der Waals surface area contributed by atoms with Crippen LogP contribution in [0.15, 0.2) is 40.9 Å². The monoisotopic (exact) mass is 452 g/mol. The smallest absolute Gasteiger partial charge is 0.259 e. The molecule has 0 bridgehead atoms. The van der Waals surface area contributed by atoms with Crippen LogP contribution in [-0.4, -0.2) is 65.4 Å². The number of benzene rings is 1. The van der Waals surface area contributed by atoms with Crippen molar-refractivity contribution in [2.75, 3.05) is 49.1 Å². The van der Waals surface area contributed by atoms with Gasteiger partial charge in [-0.25, -0.2) is 0 Å². The molecule has 4 heterocycles. The van der Waals surface area contributed by atoms with Crippen molar-refractivity contribution in [2.24, 2.45) is 0 Å². The van der Waals surface area contributed by atoms with Gasteiger partial charge in [0, 0.05) is 44.8 Å². The van der Waals surface area contributed by atoms with Gasteiger partial charge in [-0.3, -0.25) is 4.79 Å². The van der Waals surface area contributed by atoms with Gasteiger partial charge in [0.25, 0.3) is 5.91 Å². The molecule has 0 N–H and O–H groups in total. The molecule has 0 aliphatic carbocycles. The van der Waals surface area contributed by atoms with Gasteiger partial charge in [-0.2, -0.15) is 0 Å². The lowest BCUT2D eigenvalue weighted by Crippen LogP contribution is -2.49. The van der Waals surface area contributed by atoms with Gasteiger partial charge in [0.15, 0.2) is 11.6 Å². The van der Waals surface area contributed by atoms with Crippen LogP contribution in [0.4, 0.5) is 11.6 Å². The van der Waals surface area contributed by atoms with Gasteiger partial charge in [-0.05, 0) is 38.0 Å². The quantitative estimate of drug-likeness (QED) is 0.597. The van der Waals surface area contributed by atoms with Crippen LogP contribution >= 0.6 is 11.6 Å². The molecule has 0 atom stereocenters. The van der Waals surface area contributed by atoms with Crippen molar-refractivity contribution < 1.29 is 9.32 Å². The molecule has 2 saturated heterocycles. The van der Waals surface area contributed by atoms with Crippen molar-refractivity contribution >= 4 is 29.1 Å². The van der Waals surface area contributed by atoms with Crippen LogP contribution in [0.2, 0.25) is 5.02 Å². The average Bonchev–Trinajstić information content (AvgIpc) is 3.49. The Kier molecular flexibility index (Phi) is 5.70. The summed E-state index contributed by atoms with van der Waals surface area (Å²) in [6.45, 7) is 6.40. The Hall–Kier alpha value is -3.13. The Bertz CT molecular complexity index is 1100. The van der Waals surface area contributed by atoms with E-state index in [1.807, 2.05) is 35.2 Å². The summed E-state index contributed by atoms with van der Waals surface area (Å²) in [6, 6.07) is 11.4. The minimum Gasteiger partial charge on any atom is -0.360 e. The molecule has 1 amide bonds. The first-order chi connectivity index (χ1) is 15.6. The molecule has 2 aromatic heterocycles. The first-order valence-corrected chi connectivity index (χ1v) is 11.3. The van der Waals surface area contributed by atoms with Crippen LogP contribution in [0.5, 0.6) is 0 Å². The van der Waals surface area contributed by atoms with Crippen molar-refractivity contribution in [1.82, 2.24) is 20.3 Å². The number of hydrogen-bond donors (Lipinski definition) is 0. The van der Waals surface area contributed by atoms with E-state index in [9.17, 15) is 4.79 Å². The second-order valence-electron chi connectivity index (χ2n) is 8.17. The number of piperazine rings is 1. The predicted octanol–water partition coefficient (Wildman–Crippen LogP) is 3.66. The third kappa shape index (κ3) is 3.90. The number of hydrogen-bond acceptors (Lipinski definition) is 7. The molecule has 9 heteroatoms. The van der Waals surface area contributed by atoms with E-state index in [4.69, 9.17) is 16.1 Å². The van der Waals surface area contributed by atoms with E-state index in [-0.39, 0.29) is 5.91 Å². The molecule has 32 heavy (non-hydrogen) atoms. The molecule has 166 valence electrons. The van der Waals surface area contributed by atoms with Gasteiger partial charge in [-0.1, -0.05) is 35.0 Å². The van der Waals surface area contributed by atoms with Crippen LogP contribution in [0, 0.1) is 6.92 Å². The highest BCUT2D eigenvalue weighted by Crippen LogP contribution is 2.32. The zero-order valence-corrected chi connectivity index (χ0v) is 18.8. The topological polar surface area (TPSA) is 78.6 Å². The molecule has 0 radical (unpaired) electrons. The minimum absolute atomic E-state index is 0.0891. The first-order valence-electron chi connectivity index (χ1n) is 11.0. The summed E-state index contributed by atoms with van der Waals surface area (Å²) >= 11 is 6.34. The molecule has 2 aliphatic rings. The fraction of sp³-hybridized carbons (Fsp3) is 0.391. The number of aromatic nitrogens is 3. The van der Waals surface area contributed by atoms with Gasteiger partial charge in [-0.15, -0.1) is 10.2 Å². The van der Waals surface area contributed by atoms with Crippen LogP contribution in [0.1, 0.15) is 29.0 Å². The zero-order chi connectivity index (χ0) is 22.1. The second-order valence-corrected chi connectivity index (χ2v) is 8.57. The van der Waals surface area contributed by atoms with E-state index >= 15 is 0 Å². The predicted molar refractivity (Wildman–Crippen MR) is 123 cm³/mol. The van der Waals surface area contributed by atoms with Gasteiger partial charge in [0.2, 0.25) is 0 Å². The van der Waals surface area contributed by atoms with Crippen LogP contribution in [0.25, 0.3) is 11.3 Å². The SMILES string of the molecule is Cc1onc(-c2ccccc2Cl)c1C(=O)N1CCN(c2ccc(N3CCCC3)nn2)CC1. The largest absolute Gasteiger partial charge is 0.360 e. The molecular formula is C23H25ClN6O2. The number of halogens is 1. The van der Waals surface area contributed by atoms with E-state index in [0.29, 0.717) is 53.8 Å². The Morgan fingerprint density at radius 2 is 1.53 bits per heavy atom. The number of nitrogens with zero attached hydrogens (tertiary/aromatic N) is 6. The van der Waals surface area contributed by atoms with Crippen LogP contribution < -0.4 is 9.80 Å². The Morgan fingerprint density at radius 3 is 2.16 bits per heavy atom. The van der Waals surface area contributed by atoms with Gasteiger partial charge < -0.3 is 19.2 Å². The molecule has 5 rings (SSSR count). The summed E-state index contributed by atoms with van der Waals surface area (Å²) < 4.78 is 5.37. The Balaban J connectivity index is 1.27. The lowest BCUT2D eigenvalue weighted by Gasteiger charge is -2.35. The average molecular weight is 453 g/mol. The van der Waals surface area contributed by atoms with Gasteiger partial charge in [0.1, 0.15) is 17.0 Å². The number of aryl methyl sites for hydroxylation is 1. The molecule has 0 saturated carbocycles. The summed E-state index contributed by atoms with van der Waals surface area (Å²) in [6.07, 6.45) is 2.42. The summed E-state index contributed by atoms with van der Waals surface area (Å²) in [5.41, 5.74) is 1.66. The Morgan fingerprint density at radius 1 is 0.906 bits per heavy atom. The number of rotatable bonds is 4. The van der Waals surface area contributed by atoms with E-state index < -0.39 is 0 Å². The fourth-order valence-corrected chi connectivity index (χ4v) is 4.58. The molecule has 0 spiro atoms. The van der Waals surface area contributed by atoms with Crippen molar-refractivity contribution in [1.29, 1.82) is 0 Å². The molecule has 3 aromatic rings. The van der Waals surface area contributed by atoms with Crippen molar-refractivity contribution in [2.45, 2.75) is 19.8 Å². The highest BCUT2D eigenvalue weighted by molar-refractivity contribution is 6.33. The summed E-state index contributed by atoms with van der Waals surface area (Å²) in [5, 5.41) is 13.5. The fourth-order valence-electron chi connectivity index (χ4n) is 4.36. The Labute approximate surface area is 191 Å². The number of carbonyl (C=O) groups is 1. The van der Waals surface area contributed by atoms with E-state index in [2.05, 4.69) is 25.2 Å². The molecule has 2 fully saturated rings. The van der Waals surface area contributed by atoms with Crippen LogP contribution in [-0.2, 0) is 0 Å². The third-order valence-corrected chi connectivity index (χ3v) is 6.49. The maximum Gasteiger partial charge on any atom is 0.259 e. The number of anilines is 2. The van der Waals surface area contributed by atoms with Gasteiger partial charge >= 0.3 is 0 Å². The lowest BCUT2D eigenvalue weighted by molar-refractivity contribution is 0.0745. The van der Waals surface area contributed by atoms with Gasteiger partial charge in [0.05, 0.1) is 5.02 Å². The maximum atomic E-state index is 13.4. The van der Waals surface area contributed by atoms with E-state index in [0.717, 1.165) is 24.7 Å². The van der Waals surface area contributed by atoms with E-state index in [1.165, 1.54) is 12.8 Å². The number of carbonyl (C=O) groups excluding carboxylic acids is 1. The highest BCUT2D eigenvalue weighted by atomic mass is 35.5. The molecule has 0 unspecified atom stereocenters. The van der Waals surface area contributed by atoms with Crippen molar-refractivity contribution in [3.63, 3.8) is 0 Å². The summed E-state index contributed by atoms with van der Waals surface area (Å²) in [5.74, 6) is 2.19. The van der Waals surface area contributed by atoms with Crippen molar-refractivity contribution in [3.05, 3.63) is 52.7 Å². The minimum atomic E-state index is -0.0891. The lowest BCUT2D eigenvalue weighted by atomic mass is 10.0. The molecule has 8 nitrogen and oxygen atoms in total. The number of amides is 1. The summed E-state index contributed by atoms with van der Waals surface area (Å²) in [7, 11) is 0. The molecule has 2 aliphatic heterocycles. The second kappa shape index (κ2) is 8.78. The third-order valence-electron chi connectivity index (χ3n) is 6.16. The van der Waals surface area contributed by atoms with Crippen LogP contribution in [0.3, 0.4) is 0 Å².